The van der Waals surface area contributed by atoms with E-state index in [-0.39, 0.29) is 5.75 Å². The van der Waals surface area contributed by atoms with Crippen molar-refractivity contribution in [1.29, 1.82) is 0 Å². The molecule has 0 spiro atoms. The van der Waals surface area contributed by atoms with E-state index in [0.717, 1.165) is 16.9 Å². The SMILES string of the molecule is COc1cccc(CNC[C@H](O)[CH]Cc2ccc(O)cc2)c1. The molecule has 4 heteroatoms. The zero-order valence-corrected chi connectivity index (χ0v) is 12.7. The number of aliphatic hydroxyl groups is 1. The number of benzene rings is 2. The Balaban J connectivity index is 1.69. The van der Waals surface area contributed by atoms with E-state index in [0.29, 0.717) is 19.5 Å². The maximum absolute atomic E-state index is 9.95. The number of methoxy groups -OCH3 is 1. The second kappa shape index (κ2) is 8.41. The fraction of sp³-hybridized carbons (Fsp3) is 0.278. The van der Waals surface area contributed by atoms with Gasteiger partial charge in [-0.25, -0.2) is 0 Å². The minimum Gasteiger partial charge on any atom is -0.508 e. The number of rotatable bonds is 8. The fourth-order valence-electron chi connectivity index (χ4n) is 2.13. The highest BCUT2D eigenvalue weighted by atomic mass is 16.5. The first-order chi connectivity index (χ1) is 10.7. The van der Waals surface area contributed by atoms with Gasteiger partial charge in [-0.3, -0.25) is 0 Å². The lowest BCUT2D eigenvalue weighted by Gasteiger charge is -2.12. The molecular weight excluding hydrogens is 278 g/mol. The summed E-state index contributed by atoms with van der Waals surface area (Å²) < 4.78 is 5.18. The highest BCUT2D eigenvalue weighted by Crippen LogP contribution is 2.13. The van der Waals surface area contributed by atoms with Gasteiger partial charge in [-0.2, -0.15) is 0 Å². The Labute approximate surface area is 131 Å². The lowest BCUT2D eigenvalue weighted by Crippen LogP contribution is -2.27. The zero-order valence-electron chi connectivity index (χ0n) is 12.7. The van der Waals surface area contributed by atoms with Crippen LogP contribution >= 0.6 is 0 Å². The number of hydrogen-bond donors (Lipinski definition) is 3. The summed E-state index contributed by atoms with van der Waals surface area (Å²) >= 11 is 0. The van der Waals surface area contributed by atoms with Gasteiger partial charge in [0.25, 0.3) is 0 Å². The topological polar surface area (TPSA) is 61.7 Å². The van der Waals surface area contributed by atoms with Crippen molar-refractivity contribution in [2.24, 2.45) is 0 Å². The van der Waals surface area contributed by atoms with Gasteiger partial charge in [-0.15, -0.1) is 0 Å². The minimum atomic E-state index is -0.514. The van der Waals surface area contributed by atoms with Crippen LogP contribution in [0, 0.1) is 6.42 Å². The van der Waals surface area contributed by atoms with E-state index < -0.39 is 6.10 Å². The molecule has 117 valence electrons. The Morgan fingerprint density at radius 1 is 1.14 bits per heavy atom. The molecule has 0 fully saturated rings. The Kier molecular flexibility index (Phi) is 6.25. The standard InChI is InChI=1S/C18H22NO3/c1-22-18-4-2-3-15(11-18)12-19-13-17(21)10-7-14-5-8-16(20)9-6-14/h2-6,8-11,17,19-21H,7,12-13H2,1H3/t17-/m1/s1. The molecule has 0 heterocycles. The molecule has 2 aromatic rings. The Morgan fingerprint density at radius 3 is 2.64 bits per heavy atom. The molecule has 0 bridgehead atoms. The van der Waals surface area contributed by atoms with Gasteiger partial charge in [-0.1, -0.05) is 24.3 Å². The summed E-state index contributed by atoms with van der Waals surface area (Å²) in [5, 5.41) is 22.4. The van der Waals surface area contributed by atoms with Gasteiger partial charge in [0.05, 0.1) is 13.2 Å². The molecule has 0 unspecified atom stereocenters. The first-order valence-corrected chi connectivity index (χ1v) is 7.30. The average molecular weight is 300 g/mol. The maximum atomic E-state index is 9.95. The van der Waals surface area contributed by atoms with Gasteiger partial charge in [0.1, 0.15) is 11.5 Å². The van der Waals surface area contributed by atoms with Crippen molar-refractivity contribution in [3.63, 3.8) is 0 Å². The van der Waals surface area contributed by atoms with Crippen LogP contribution in [0.2, 0.25) is 0 Å². The number of aromatic hydroxyl groups is 1. The van der Waals surface area contributed by atoms with E-state index in [1.54, 1.807) is 19.2 Å². The third kappa shape index (κ3) is 5.39. The molecule has 1 atom stereocenters. The van der Waals surface area contributed by atoms with Crippen LogP contribution < -0.4 is 10.1 Å². The van der Waals surface area contributed by atoms with Crippen molar-refractivity contribution in [1.82, 2.24) is 5.32 Å². The molecule has 0 saturated heterocycles. The normalized spacial score (nSPS) is 12.1. The number of phenols is 1. The smallest absolute Gasteiger partial charge is 0.119 e. The van der Waals surface area contributed by atoms with Gasteiger partial charge < -0.3 is 20.3 Å². The number of phenolic OH excluding ortho intramolecular Hbond substituents is 1. The van der Waals surface area contributed by atoms with Crippen LogP contribution in [0.5, 0.6) is 11.5 Å². The highest BCUT2D eigenvalue weighted by molar-refractivity contribution is 5.28. The Bertz CT molecular complexity index is 569. The van der Waals surface area contributed by atoms with Gasteiger partial charge in [0.15, 0.2) is 0 Å². The second-order valence-corrected chi connectivity index (χ2v) is 5.16. The molecule has 2 aromatic carbocycles. The van der Waals surface area contributed by atoms with Gasteiger partial charge in [0.2, 0.25) is 0 Å². The third-order valence-corrected chi connectivity index (χ3v) is 3.38. The van der Waals surface area contributed by atoms with Crippen molar-refractivity contribution < 1.29 is 14.9 Å². The van der Waals surface area contributed by atoms with Gasteiger partial charge in [0, 0.05) is 13.1 Å². The van der Waals surface area contributed by atoms with E-state index in [9.17, 15) is 10.2 Å². The Morgan fingerprint density at radius 2 is 1.91 bits per heavy atom. The van der Waals surface area contributed by atoms with Crippen LogP contribution in [0.15, 0.2) is 48.5 Å². The molecule has 0 amide bonds. The van der Waals surface area contributed by atoms with E-state index in [2.05, 4.69) is 5.32 Å². The van der Waals surface area contributed by atoms with Crippen molar-refractivity contribution in [2.75, 3.05) is 13.7 Å². The highest BCUT2D eigenvalue weighted by Gasteiger charge is 2.05. The summed E-state index contributed by atoms with van der Waals surface area (Å²) in [5.41, 5.74) is 2.18. The number of hydrogen-bond acceptors (Lipinski definition) is 4. The first-order valence-electron chi connectivity index (χ1n) is 7.30. The van der Waals surface area contributed by atoms with Crippen LogP contribution in [0.1, 0.15) is 11.1 Å². The lowest BCUT2D eigenvalue weighted by molar-refractivity contribution is 0.200. The molecule has 4 nitrogen and oxygen atoms in total. The lowest BCUT2D eigenvalue weighted by atomic mass is 10.1. The molecule has 0 saturated carbocycles. The van der Waals surface area contributed by atoms with Crippen molar-refractivity contribution in [2.45, 2.75) is 19.1 Å². The predicted molar refractivity (Wildman–Crippen MR) is 86.8 cm³/mol. The van der Waals surface area contributed by atoms with Crippen LogP contribution in [0.25, 0.3) is 0 Å². The maximum Gasteiger partial charge on any atom is 0.119 e. The molecule has 22 heavy (non-hydrogen) atoms. The molecule has 0 aliphatic heterocycles. The third-order valence-electron chi connectivity index (χ3n) is 3.38. The fourth-order valence-corrected chi connectivity index (χ4v) is 2.13. The van der Waals surface area contributed by atoms with E-state index in [1.807, 2.05) is 42.8 Å². The quantitative estimate of drug-likeness (QED) is 0.700. The molecule has 3 N–H and O–H groups in total. The number of nitrogens with one attached hydrogen (secondary N) is 1. The average Bonchev–Trinajstić information content (AvgIpc) is 2.54. The monoisotopic (exact) mass is 300 g/mol. The summed E-state index contributed by atoms with van der Waals surface area (Å²) in [5.74, 6) is 1.09. The van der Waals surface area contributed by atoms with E-state index >= 15 is 0 Å². The summed E-state index contributed by atoms with van der Waals surface area (Å²) in [7, 11) is 1.65. The molecule has 0 aliphatic rings. The predicted octanol–water partition coefficient (Wildman–Crippen LogP) is 2.30. The van der Waals surface area contributed by atoms with Crippen LogP contribution in [-0.4, -0.2) is 30.0 Å². The minimum absolute atomic E-state index is 0.254. The van der Waals surface area contributed by atoms with Gasteiger partial charge >= 0.3 is 0 Å². The summed E-state index contributed by atoms with van der Waals surface area (Å²) in [6.45, 7) is 1.18. The number of aliphatic hydroxyl groups excluding tert-OH is 1. The Hall–Kier alpha value is -2.04. The van der Waals surface area contributed by atoms with Crippen molar-refractivity contribution in [3.05, 3.63) is 66.1 Å². The molecule has 0 aliphatic carbocycles. The van der Waals surface area contributed by atoms with Crippen LogP contribution in [0.3, 0.4) is 0 Å². The van der Waals surface area contributed by atoms with Crippen molar-refractivity contribution >= 4 is 0 Å². The summed E-state index contributed by atoms with van der Waals surface area (Å²) in [6, 6.07) is 14.8. The molecule has 0 aromatic heterocycles. The van der Waals surface area contributed by atoms with Crippen LogP contribution in [-0.2, 0) is 13.0 Å². The summed E-state index contributed by atoms with van der Waals surface area (Å²) in [6.07, 6.45) is 2.01. The molecule has 2 rings (SSSR count). The van der Waals surface area contributed by atoms with Crippen LogP contribution in [0.4, 0.5) is 0 Å². The first kappa shape index (κ1) is 16.3. The zero-order chi connectivity index (χ0) is 15.8. The van der Waals surface area contributed by atoms with E-state index in [1.165, 1.54) is 0 Å². The summed E-state index contributed by atoms with van der Waals surface area (Å²) in [4.78, 5) is 0. The van der Waals surface area contributed by atoms with E-state index in [4.69, 9.17) is 4.74 Å². The van der Waals surface area contributed by atoms with Gasteiger partial charge in [-0.05, 0) is 48.2 Å². The second-order valence-electron chi connectivity index (χ2n) is 5.16. The number of ether oxygens (including phenoxy) is 1. The largest absolute Gasteiger partial charge is 0.508 e. The molecular formula is C18H22NO3. The molecule has 1 radical (unpaired) electrons. The van der Waals surface area contributed by atoms with Crippen molar-refractivity contribution in [3.8, 4) is 11.5 Å².